The van der Waals surface area contributed by atoms with Gasteiger partial charge in [0.25, 0.3) is 5.56 Å². The SMILES string of the molecule is CCCc1nc(-c2ccc(O)c(O)c2)[nH]c(=O)c1Br. The minimum Gasteiger partial charge on any atom is -0.504 e. The van der Waals surface area contributed by atoms with Gasteiger partial charge in [0.15, 0.2) is 11.5 Å². The lowest BCUT2D eigenvalue weighted by molar-refractivity contribution is 0.404. The topological polar surface area (TPSA) is 86.2 Å². The predicted molar refractivity (Wildman–Crippen MR) is 75.3 cm³/mol. The number of H-pyrrole nitrogens is 1. The Kier molecular flexibility index (Phi) is 3.90. The van der Waals surface area contributed by atoms with Crippen LogP contribution in [-0.4, -0.2) is 20.2 Å². The monoisotopic (exact) mass is 324 g/mol. The number of phenolic OH excluding ortho intramolecular Hbond substituents is 2. The number of benzene rings is 1. The first-order valence-corrected chi connectivity index (χ1v) is 6.63. The van der Waals surface area contributed by atoms with Crippen LogP contribution in [0.5, 0.6) is 11.5 Å². The molecule has 0 saturated heterocycles. The van der Waals surface area contributed by atoms with Crippen LogP contribution in [-0.2, 0) is 6.42 Å². The van der Waals surface area contributed by atoms with Crippen LogP contribution in [0.2, 0.25) is 0 Å². The molecule has 0 fully saturated rings. The van der Waals surface area contributed by atoms with Gasteiger partial charge >= 0.3 is 0 Å². The maximum Gasteiger partial charge on any atom is 0.265 e. The first kappa shape index (κ1) is 13.6. The highest BCUT2D eigenvalue weighted by molar-refractivity contribution is 9.10. The van der Waals surface area contributed by atoms with E-state index in [0.717, 1.165) is 6.42 Å². The number of aromatic amines is 1. The molecule has 0 aliphatic heterocycles. The molecule has 0 spiro atoms. The lowest BCUT2D eigenvalue weighted by Gasteiger charge is -2.07. The van der Waals surface area contributed by atoms with Gasteiger partial charge in [0.2, 0.25) is 0 Å². The van der Waals surface area contributed by atoms with E-state index in [4.69, 9.17) is 0 Å². The molecule has 3 N–H and O–H groups in total. The number of hydrogen-bond acceptors (Lipinski definition) is 4. The summed E-state index contributed by atoms with van der Waals surface area (Å²) in [5.74, 6) is -0.0935. The number of aromatic hydroxyl groups is 2. The van der Waals surface area contributed by atoms with Crippen molar-refractivity contribution in [3.8, 4) is 22.9 Å². The van der Waals surface area contributed by atoms with Crippen molar-refractivity contribution in [1.29, 1.82) is 0 Å². The van der Waals surface area contributed by atoms with Gasteiger partial charge in [-0.05, 0) is 40.5 Å². The Morgan fingerprint density at radius 2 is 2.05 bits per heavy atom. The molecule has 2 rings (SSSR count). The minimum atomic E-state index is -0.263. The highest BCUT2D eigenvalue weighted by atomic mass is 79.9. The van der Waals surface area contributed by atoms with E-state index >= 15 is 0 Å². The van der Waals surface area contributed by atoms with Crippen LogP contribution < -0.4 is 5.56 Å². The molecule has 0 amide bonds. The van der Waals surface area contributed by atoms with Crippen molar-refractivity contribution in [3.05, 3.63) is 38.7 Å². The maximum atomic E-state index is 11.8. The molecule has 0 aliphatic carbocycles. The van der Waals surface area contributed by atoms with Crippen LogP contribution in [0.1, 0.15) is 19.0 Å². The van der Waals surface area contributed by atoms with Crippen molar-refractivity contribution in [3.63, 3.8) is 0 Å². The summed E-state index contributed by atoms with van der Waals surface area (Å²) < 4.78 is 0.432. The first-order chi connectivity index (χ1) is 9.02. The molecule has 1 aromatic carbocycles. The van der Waals surface area contributed by atoms with Gasteiger partial charge in [-0.3, -0.25) is 4.79 Å². The number of rotatable bonds is 3. The van der Waals surface area contributed by atoms with E-state index in [9.17, 15) is 15.0 Å². The fourth-order valence-corrected chi connectivity index (χ4v) is 2.10. The first-order valence-electron chi connectivity index (χ1n) is 5.84. The Morgan fingerprint density at radius 3 is 2.68 bits per heavy atom. The Hall–Kier alpha value is -1.82. The molecule has 0 unspecified atom stereocenters. The molecule has 6 heteroatoms. The molecular formula is C13H13BrN2O3. The number of nitrogens with zero attached hydrogens (tertiary/aromatic N) is 1. The largest absolute Gasteiger partial charge is 0.504 e. The quantitative estimate of drug-likeness (QED) is 0.757. The normalized spacial score (nSPS) is 10.6. The van der Waals surface area contributed by atoms with Crippen molar-refractivity contribution >= 4 is 15.9 Å². The minimum absolute atomic E-state index is 0.211. The van der Waals surface area contributed by atoms with E-state index in [1.807, 2.05) is 6.92 Å². The number of nitrogens with one attached hydrogen (secondary N) is 1. The van der Waals surface area contributed by atoms with Gasteiger partial charge in [-0.2, -0.15) is 0 Å². The van der Waals surface area contributed by atoms with E-state index in [-0.39, 0.29) is 17.1 Å². The molecule has 2 aromatic rings. The zero-order valence-corrected chi connectivity index (χ0v) is 11.9. The van der Waals surface area contributed by atoms with Crippen LogP contribution in [0.15, 0.2) is 27.5 Å². The number of hydrogen-bond donors (Lipinski definition) is 3. The second-order valence-electron chi connectivity index (χ2n) is 4.13. The number of halogens is 1. The lowest BCUT2D eigenvalue weighted by Crippen LogP contribution is -2.13. The third-order valence-electron chi connectivity index (χ3n) is 2.67. The molecule has 0 aliphatic rings. The molecule has 5 nitrogen and oxygen atoms in total. The third kappa shape index (κ3) is 2.78. The van der Waals surface area contributed by atoms with E-state index in [1.54, 1.807) is 6.07 Å². The molecule has 0 radical (unpaired) electrons. The van der Waals surface area contributed by atoms with Crippen molar-refractivity contribution in [1.82, 2.24) is 9.97 Å². The van der Waals surface area contributed by atoms with Gasteiger partial charge in [0.05, 0.1) is 5.69 Å². The van der Waals surface area contributed by atoms with Crippen LogP contribution in [0.4, 0.5) is 0 Å². The second-order valence-corrected chi connectivity index (χ2v) is 4.92. The summed E-state index contributed by atoms with van der Waals surface area (Å²) in [5, 5.41) is 18.8. The maximum absolute atomic E-state index is 11.8. The summed E-state index contributed by atoms with van der Waals surface area (Å²) >= 11 is 3.22. The average Bonchev–Trinajstić information content (AvgIpc) is 2.38. The van der Waals surface area contributed by atoms with Gasteiger partial charge in [0.1, 0.15) is 10.3 Å². The molecular weight excluding hydrogens is 312 g/mol. The Labute approximate surface area is 118 Å². The molecule has 1 heterocycles. The van der Waals surface area contributed by atoms with Gasteiger partial charge in [-0.25, -0.2) is 4.98 Å². The van der Waals surface area contributed by atoms with E-state index in [2.05, 4.69) is 25.9 Å². The van der Waals surface area contributed by atoms with Crippen LogP contribution in [0, 0.1) is 0 Å². The summed E-state index contributed by atoms with van der Waals surface area (Å²) in [5.41, 5.74) is 0.951. The smallest absolute Gasteiger partial charge is 0.265 e. The van der Waals surface area contributed by atoms with Crippen molar-refractivity contribution < 1.29 is 10.2 Å². The Bertz CT molecular complexity index is 667. The number of phenols is 2. The van der Waals surface area contributed by atoms with Gasteiger partial charge in [-0.15, -0.1) is 0 Å². The Balaban J connectivity index is 2.56. The van der Waals surface area contributed by atoms with Crippen molar-refractivity contribution in [2.24, 2.45) is 0 Å². The fraction of sp³-hybridized carbons (Fsp3) is 0.231. The van der Waals surface area contributed by atoms with Crippen LogP contribution in [0.3, 0.4) is 0 Å². The molecule has 1 aromatic heterocycles. The van der Waals surface area contributed by atoms with Crippen LogP contribution in [0.25, 0.3) is 11.4 Å². The van der Waals surface area contributed by atoms with Gasteiger partial charge in [-0.1, -0.05) is 13.3 Å². The van der Waals surface area contributed by atoms with E-state index in [0.29, 0.717) is 28.0 Å². The second kappa shape index (κ2) is 5.44. The molecule has 100 valence electrons. The summed E-state index contributed by atoms with van der Waals surface area (Å²) in [6.45, 7) is 2.00. The summed E-state index contributed by atoms with van der Waals surface area (Å²) in [6.07, 6.45) is 1.55. The van der Waals surface area contributed by atoms with E-state index < -0.39 is 0 Å². The van der Waals surface area contributed by atoms with E-state index in [1.165, 1.54) is 12.1 Å². The number of aromatic nitrogens is 2. The molecule has 19 heavy (non-hydrogen) atoms. The summed E-state index contributed by atoms with van der Waals surface area (Å²) in [6, 6.07) is 4.29. The van der Waals surface area contributed by atoms with Crippen molar-refractivity contribution in [2.75, 3.05) is 0 Å². The highest BCUT2D eigenvalue weighted by Crippen LogP contribution is 2.29. The molecule has 0 atom stereocenters. The van der Waals surface area contributed by atoms with Gasteiger partial charge in [0, 0.05) is 5.56 Å². The highest BCUT2D eigenvalue weighted by Gasteiger charge is 2.11. The summed E-state index contributed by atoms with van der Waals surface area (Å²) in [7, 11) is 0. The molecule has 0 saturated carbocycles. The Morgan fingerprint density at radius 1 is 1.32 bits per heavy atom. The van der Waals surface area contributed by atoms with Gasteiger partial charge < -0.3 is 15.2 Å². The number of aryl methyl sites for hydroxylation is 1. The lowest BCUT2D eigenvalue weighted by atomic mass is 10.1. The van der Waals surface area contributed by atoms with Crippen LogP contribution >= 0.6 is 15.9 Å². The molecule has 0 bridgehead atoms. The predicted octanol–water partition coefficient (Wildman–Crippen LogP) is 2.56. The zero-order valence-electron chi connectivity index (χ0n) is 10.3. The van der Waals surface area contributed by atoms with Crippen molar-refractivity contribution in [2.45, 2.75) is 19.8 Å². The average molecular weight is 325 g/mol. The summed E-state index contributed by atoms with van der Waals surface area (Å²) in [4.78, 5) is 18.8. The standard InChI is InChI=1S/C13H13BrN2O3/c1-2-3-8-11(14)13(19)16-12(15-8)7-4-5-9(17)10(18)6-7/h4-6,17-18H,2-3H2,1H3,(H,15,16,19). The third-order valence-corrected chi connectivity index (χ3v) is 3.48. The zero-order chi connectivity index (χ0) is 14.0. The fourth-order valence-electron chi connectivity index (χ4n) is 1.72.